The van der Waals surface area contributed by atoms with Crippen molar-refractivity contribution in [3.63, 3.8) is 0 Å². The lowest BCUT2D eigenvalue weighted by molar-refractivity contribution is -0.0887. The Morgan fingerprint density at radius 2 is 1.41 bits per heavy atom. The normalized spacial score (nSPS) is 12.2. The zero-order chi connectivity index (χ0) is 20.3. The lowest BCUT2D eigenvalue weighted by Crippen LogP contribution is -2.35. The molecule has 0 heterocycles. The van der Waals surface area contributed by atoms with Crippen molar-refractivity contribution < 1.29 is 10.0 Å². The number of carbonyl (C=O) groups is 1. The number of carbonyl (C=O) groups excluding carboxylic acids is 1. The Morgan fingerprint density at radius 1 is 0.862 bits per heavy atom. The van der Waals surface area contributed by atoms with E-state index in [9.17, 15) is 10.0 Å². The van der Waals surface area contributed by atoms with Crippen LogP contribution in [0.25, 0.3) is 0 Å². The van der Waals surface area contributed by atoms with Crippen molar-refractivity contribution in [2.45, 2.75) is 19.0 Å². The number of benzene rings is 3. The molecule has 2 N–H and O–H groups in total. The molecule has 3 aromatic rings. The highest BCUT2D eigenvalue weighted by Crippen LogP contribution is 2.07. The van der Waals surface area contributed by atoms with Crippen LogP contribution >= 0.6 is 0 Å². The first kappa shape index (κ1) is 20.5. The third-order valence-electron chi connectivity index (χ3n) is 4.54. The molecule has 29 heavy (non-hydrogen) atoms. The summed E-state index contributed by atoms with van der Waals surface area (Å²) in [5.41, 5.74) is 2.81. The topological polar surface area (TPSA) is 52.6 Å². The molecule has 0 aliphatic rings. The zero-order valence-electron chi connectivity index (χ0n) is 16.3. The van der Waals surface area contributed by atoms with Crippen molar-refractivity contribution in [2.24, 2.45) is 0 Å². The maximum Gasteiger partial charge on any atom is 0.251 e. The van der Waals surface area contributed by atoms with E-state index in [2.05, 4.69) is 5.32 Å². The number of rotatable bonds is 9. The van der Waals surface area contributed by atoms with E-state index in [0.717, 1.165) is 11.1 Å². The van der Waals surface area contributed by atoms with Crippen LogP contribution < -0.4 is 5.32 Å². The average Bonchev–Trinajstić information content (AvgIpc) is 2.75. The van der Waals surface area contributed by atoms with E-state index in [4.69, 9.17) is 0 Å². The number of nitrogens with zero attached hydrogens (tertiary/aromatic N) is 1. The fourth-order valence-corrected chi connectivity index (χ4v) is 3.08. The van der Waals surface area contributed by atoms with Gasteiger partial charge in [0.1, 0.15) is 0 Å². The number of nitrogens with one attached hydrogen (secondary N) is 1. The van der Waals surface area contributed by atoms with Gasteiger partial charge in [-0.2, -0.15) is 5.06 Å². The fourth-order valence-electron chi connectivity index (χ4n) is 3.08. The smallest absolute Gasteiger partial charge is 0.251 e. The number of hydrogen-bond acceptors (Lipinski definition) is 3. The second kappa shape index (κ2) is 11.0. The van der Waals surface area contributed by atoms with E-state index in [1.165, 1.54) is 5.06 Å². The maximum atomic E-state index is 12.6. The van der Waals surface area contributed by atoms with Gasteiger partial charge in [0.05, 0.1) is 6.04 Å². The SMILES string of the molecule is O=C(N[C@H](/C=C/CN(O)Cc1ccccc1)Cc1ccccc1)c1ccccc1. The summed E-state index contributed by atoms with van der Waals surface area (Å²) in [6.07, 6.45) is 4.52. The molecule has 0 aromatic heterocycles. The summed E-state index contributed by atoms with van der Waals surface area (Å²) in [5, 5.41) is 14.5. The molecule has 0 saturated carbocycles. The van der Waals surface area contributed by atoms with E-state index >= 15 is 0 Å². The molecule has 0 unspecified atom stereocenters. The van der Waals surface area contributed by atoms with Crippen LogP contribution in [-0.2, 0) is 13.0 Å². The van der Waals surface area contributed by atoms with Crippen LogP contribution in [0.1, 0.15) is 21.5 Å². The van der Waals surface area contributed by atoms with E-state index in [1.54, 1.807) is 12.1 Å². The molecule has 0 saturated heterocycles. The fraction of sp³-hybridized carbons (Fsp3) is 0.160. The molecule has 1 amide bonds. The molecule has 0 fully saturated rings. The molecular weight excluding hydrogens is 360 g/mol. The van der Waals surface area contributed by atoms with Crippen molar-refractivity contribution >= 4 is 5.91 Å². The van der Waals surface area contributed by atoms with Gasteiger partial charge in [0, 0.05) is 18.7 Å². The highest BCUT2D eigenvalue weighted by atomic mass is 16.5. The Bertz CT molecular complexity index is 896. The molecule has 0 bridgehead atoms. The zero-order valence-corrected chi connectivity index (χ0v) is 16.3. The second-order valence-electron chi connectivity index (χ2n) is 6.90. The van der Waals surface area contributed by atoms with Gasteiger partial charge in [0.25, 0.3) is 5.91 Å². The molecule has 0 radical (unpaired) electrons. The van der Waals surface area contributed by atoms with Crippen LogP contribution in [0.4, 0.5) is 0 Å². The third-order valence-corrected chi connectivity index (χ3v) is 4.54. The Labute approximate surface area is 172 Å². The summed E-state index contributed by atoms with van der Waals surface area (Å²) < 4.78 is 0. The number of hydrogen-bond donors (Lipinski definition) is 2. The highest BCUT2D eigenvalue weighted by Gasteiger charge is 2.12. The minimum Gasteiger partial charge on any atom is -0.346 e. The Hall–Kier alpha value is -3.21. The summed E-state index contributed by atoms with van der Waals surface area (Å²) in [5.74, 6) is -0.110. The van der Waals surface area contributed by atoms with E-state index < -0.39 is 0 Å². The number of hydroxylamine groups is 2. The molecule has 0 aliphatic heterocycles. The number of amides is 1. The van der Waals surface area contributed by atoms with E-state index in [0.29, 0.717) is 25.1 Å². The van der Waals surface area contributed by atoms with E-state index in [1.807, 2.05) is 91.0 Å². The lowest BCUT2D eigenvalue weighted by Gasteiger charge is -2.17. The van der Waals surface area contributed by atoms with Crippen molar-refractivity contribution in [3.8, 4) is 0 Å². The predicted octanol–water partition coefficient (Wildman–Crippen LogP) is 4.48. The lowest BCUT2D eigenvalue weighted by atomic mass is 10.0. The van der Waals surface area contributed by atoms with Gasteiger partial charge in [-0.05, 0) is 29.7 Å². The minimum atomic E-state index is -0.171. The molecule has 148 valence electrons. The van der Waals surface area contributed by atoms with Crippen LogP contribution in [0.15, 0.2) is 103 Å². The highest BCUT2D eigenvalue weighted by molar-refractivity contribution is 5.94. The summed E-state index contributed by atoms with van der Waals surface area (Å²) >= 11 is 0. The summed E-state index contributed by atoms with van der Waals surface area (Å²) in [6.45, 7) is 0.826. The molecule has 3 aromatic carbocycles. The molecule has 4 nitrogen and oxygen atoms in total. The summed E-state index contributed by atoms with van der Waals surface area (Å²) in [6, 6.07) is 28.9. The van der Waals surface area contributed by atoms with E-state index in [-0.39, 0.29) is 11.9 Å². The first-order valence-electron chi connectivity index (χ1n) is 9.75. The van der Waals surface area contributed by atoms with Crippen molar-refractivity contribution in [2.75, 3.05) is 6.54 Å². The van der Waals surface area contributed by atoms with Gasteiger partial charge >= 0.3 is 0 Å². The second-order valence-corrected chi connectivity index (χ2v) is 6.90. The maximum absolute atomic E-state index is 12.6. The molecule has 0 aliphatic carbocycles. The first-order valence-corrected chi connectivity index (χ1v) is 9.75. The van der Waals surface area contributed by atoms with Gasteiger partial charge in [0.2, 0.25) is 0 Å². The first-order chi connectivity index (χ1) is 14.2. The summed E-state index contributed by atoms with van der Waals surface area (Å²) in [4.78, 5) is 12.6. The van der Waals surface area contributed by atoms with Crippen molar-refractivity contribution in [1.29, 1.82) is 0 Å². The van der Waals surface area contributed by atoms with Crippen LogP contribution in [-0.4, -0.2) is 28.8 Å². The van der Waals surface area contributed by atoms with Gasteiger partial charge in [-0.3, -0.25) is 4.79 Å². The predicted molar refractivity (Wildman–Crippen MR) is 116 cm³/mol. The molecule has 3 rings (SSSR count). The van der Waals surface area contributed by atoms with Gasteiger partial charge in [0.15, 0.2) is 0 Å². The van der Waals surface area contributed by atoms with Crippen LogP contribution in [0.2, 0.25) is 0 Å². The van der Waals surface area contributed by atoms with Crippen molar-refractivity contribution in [1.82, 2.24) is 10.4 Å². The minimum absolute atomic E-state index is 0.110. The van der Waals surface area contributed by atoms with Gasteiger partial charge < -0.3 is 10.5 Å². The van der Waals surface area contributed by atoms with Gasteiger partial charge in [-0.1, -0.05) is 91.0 Å². The van der Waals surface area contributed by atoms with Crippen molar-refractivity contribution in [3.05, 3.63) is 120 Å². The Kier molecular flexibility index (Phi) is 7.75. The quantitative estimate of drug-likeness (QED) is 0.421. The largest absolute Gasteiger partial charge is 0.346 e. The van der Waals surface area contributed by atoms with Crippen LogP contribution in [0.5, 0.6) is 0 Å². The Morgan fingerprint density at radius 3 is 2.03 bits per heavy atom. The molecular formula is C25H26N2O2. The van der Waals surface area contributed by atoms with Crippen LogP contribution in [0, 0.1) is 0 Å². The monoisotopic (exact) mass is 386 g/mol. The Balaban J connectivity index is 1.62. The molecule has 1 atom stereocenters. The molecule has 4 heteroatoms. The third kappa shape index (κ3) is 7.03. The van der Waals surface area contributed by atoms with Gasteiger partial charge in [-0.15, -0.1) is 0 Å². The standard InChI is InChI=1S/C25H26N2O2/c28-25(23-15-8-3-9-16-23)26-24(19-21-11-4-1-5-12-21)17-10-18-27(29)20-22-13-6-2-7-14-22/h1-17,24,29H,18-20H2,(H,26,28)/b17-10+/t24-/m1/s1. The van der Waals surface area contributed by atoms with Crippen LogP contribution in [0.3, 0.4) is 0 Å². The molecule has 0 spiro atoms. The average molecular weight is 386 g/mol. The summed E-state index contributed by atoms with van der Waals surface area (Å²) in [7, 11) is 0. The van der Waals surface area contributed by atoms with Gasteiger partial charge in [-0.25, -0.2) is 0 Å².